The van der Waals surface area contributed by atoms with Gasteiger partial charge < -0.3 is 15.0 Å². The Balaban J connectivity index is 1.31. The highest BCUT2D eigenvalue weighted by Crippen LogP contribution is 2.27. The van der Waals surface area contributed by atoms with Crippen LogP contribution < -0.4 is 15.0 Å². The van der Waals surface area contributed by atoms with Gasteiger partial charge in [0.2, 0.25) is 5.91 Å². The predicted octanol–water partition coefficient (Wildman–Crippen LogP) is 4.70. The van der Waals surface area contributed by atoms with E-state index in [4.69, 9.17) is 4.74 Å². The molecule has 0 bridgehead atoms. The number of amides is 1. The van der Waals surface area contributed by atoms with E-state index in [1.54, 1.807) is 0 Å². The monoisotopic (exact) mass is 386 g/mol. The smallest absolute Gasteiger partial charge is 0.246 e. The molecule has 1 aliphatic rings. The van der Waals surface area contributed by atoms with E-state index >= 15 is 0 Å². The maximum absolute atomic E-state index is 12.8. The molecule has 0 saturated carbocycles. The van der Waals surface area contributed by atoms with E-state index in [1.807, 2.05) is 65.6 Å². The highest BCUT2D eigenvalue weighted by molar-refractivity contribution is 5.97. The van der Waals surface area contributed by atoms with Gasteiger partial charge in [0.05, 0.1) is 13.2 Å². The maximum atomic E-state index is 12.8. The second-order valence-corrected chi connectivity index (χ2v) is 7.24. The van der Waals surface area contributed by atoms with Crippen molar-refractivity contribution in [3.8, 4) is 5.75 Å². The maximum Gasteiger partial charge on any atom is 0.246 e. The van der Waals surface area contributed by atoms with Crippen molar-refractivity contribution in [3.05, 3.63) is 90.0 Å². The minimum atomic E-state index is 0.0903. The summed E-state index contributed by atoms with van der Waals surface area (Å²) in [6.07, 6.45) is 2.91. The highest BCUT2D eigenvalue weighted by Gasteiger charge is 2.21. The number of benzene rings is 3. The Hall–Kier alpha value is -3.27. The number of aryl methyl sites for hydroxylation is 1. The van der Waals surface area contributed by atoms with Crippen LogP contribution in [0.4, 0.5) is 11.4 Å². The number of rotatable bonds is 7. The first kappa shape index (κ1) is 19.1. The van der Waals surface area contributed by atoms with Gasteiger partial charge in [-0.2, -0.15) is 0 Å². The van der Waals surface area contributed by atoms with E-state index in [1.165, 1.54) is 11.1 Å². The first-order chi connectivity index (χ1) is 14.3. The molecule has 1 heterocycles. The molecule has 1 N–H and O–H groups in total. The van der Waals surface area contributed by atoms with Gasteiger partial charge in [-0.3, -0.25) is 4.79 Å². The van der Waals surface area contributed by atoms with Crippen LogP contribution in [0.1, 0.15) is 17.5 Å². The minimum absolute atomic E-state index is 0.0903. The molecule has 4 rings (SSSR count). The van der Waals surface area contributed by atoms with Crippen molar-refractivity contribution in [2.24, 2.45) is 0 Å². The Morgan fingerprint density at radius 3 is 2.69 bits per heavy atom. The zero-order valence-electron chi connectivity index (χ0n) is 16.5. The van der Waals surface area contributed by atoms with E-state index in [-0.39, 0.29) is 12.5 Å². The van der Waals surface area contributed by atoms with Gasteiger partial charge in [0.15, 0.2) is 0 Å². The van der Waals surface area contributed by atoms with Gasteiger partial charge >= 0.3 is 0 Å². The lowest BCUT2D eigenvalue weighted by Gasteiger charge is -2.29. The third-order valence-corrected chi connectivity index (χ3v) is 5.19. The number of hydrogen-bond donors (Lipinski definition) is 1. The standard InChI is InChI=1S/C25H26N2O2/c28-25(27-16-7-11-21-10-4-5-14-24(21)27)19-26-22-12-6-13-23(18-22)29-17-15-20-8-2-1-3-9-20/h1-6,8-10,12-14,18,26H,7,11,15-17,19H2. The normalized spacial score (nSPS) is 12.9. The van der Waals surface area contributed by atoms with Crippen LogP contribution in [-0.2, 0) is 17.6 Å². The molecule has 0 atom stereocenters. The third-order valence-electron chi connectivity index (χ3n) is 5.19. The Morgan fingerprint density at radius 1 is 0.966 bits per heavy atom. The minimum Gasteiger partial charge on any atom is -0.493 e. The Morgan fingerprint density at radius 2 is 1.79 bits per heavy atom. The molecule has 29 heavy (non-hydrogen) atoms. The number of ether oxygens (including phenoxy) is 1. The fourth-order valence-corrected chi connectivity index (χ4v) is 3.69. The van der Waals surface area contributed by atoms with Crippen LogP contribution in [0, 0.1) is 0 Å². The zero-order chi connectivity index (χ0) is 19.9. The number of carbonyl (C=O) groups excluding carboxylic acids is 1. The summed E-state index contributed by atoms with van der Waals surface area (Å²) in [7, 11) is 0. The Labute approximate surface area is 172 Å². The second-order valence-electron chi connectivity index (χ2n) is 7.24. The molecular formula is C25H26N2O2. The summed E-state index contributed by atoms with van der Waals surface area (Å²) in [6, 6.07) is 26.3. The van der Waals surface area contributed by atoms with Crippen molar-refractivity contribution in [3.63, 3.8) is 0 Å². The summed E-state index contributed by atoms with van der Waals surface area (Å²) < 4.78 is 5.88. The lowest BCUT2D eigenvalue weighted by atomic mass is 10.0. The van der Waals surface area contributed by atoms with Gasteiger partial charge in [-0.15, -0.1) is 0 Å². The van der Waals surface area contributed by atoms with Gasteiger partial charge in [-0.25, -0.2) is 0 Å². The van der Waals surface area contributed by atoms with Crippen molar-refractivity contribution in [1.82, 2.24) is 0 Å². The SMILES string of the molecule is O=C(CNc1cccc(OCCc2ccccc2)c1)N1CCCc2ccccc21. The summed E-state index contributed by atoms with van der Waals surface area (Å²) in [5.41, 5.74) is 4.44. The number of nitrogens with zero attached hydrogens (tertiary/aromatic N) is 1. The van der Waals surface area contributed by atoms with Crippen molar-refractivity contribution in [2.45, 2.75) is 19.3 Å². The molecule has 3 aromatic carbocycles. The molecule has 0 aliphatic carbocycles. The predicted molar refractivity (Wildman–Crippen MR) is 118 cm³/mol. The molecule has 0 unspecified atom stereocenters. The quantitative estimate of drug-likeness (QED) is 0.640. The van der Waals surface area contributed by atoms with Crippen LogP contribution >= 0.6 is 0 Å². The summed E-state index contributed by atoms with van der Waals surface area (Å²) in [4.78, 5) is 14.7. The van der Waals surface area contributed by atoms with Crippen molar-refractivity contribution in [2.75, 3.05) is 29.9 Å². The highest BCUT2D eigenvalue weighted by atomic mass is 16.5. The van der Waals surface area contributed by atoms with E-state index in [0.717, 1.165) is 42.9 Å². The number of carbonyl (C=O) groups is 1. The fourth-order valence-electron chi connectivity index (χ4n) is 3.69. The van der Waals surface area contributed by atoms with Crippen LogP contribution in [0.2, 0.25) is 0 Å². The summed E-state index contributed by atoms with van der Waals surface area (Å²) >= 11 is 0. The van der Waals surface area contributed by atoms with Gasteiger partial charge in [0.25, 0.3) is 0 Å². The number of hydrogen-bond acceptors (Lipinski definition) is 3. The van der Waals surface area contributed by atoms with Gasteiger partial charge in [-0.1, -0.05) is 54.6 Å². The van der Waals surface area contributed by atoms with Gasteiger partial charge in [0, 0.05) is 30.4 Å². The molecule has 4 nitrogen and oxygen atoms in total. The molecular weight excluding hydrogens is 360 g/mol. The number of nitrogens with one attached hydrogen (secondary N) is 1. The lowest BCUT2D eigenvalue weighted by molar-refractivity contribution is -0.117. The van der Waals surface area contributed by atoms with Crippen molar-refractivity contribution < 1.29 is 9.53 Å². The van der Waals surface area contributed by atoms with Crippen LogP contribution in [-0.4, -0.2) is 25.6 Å². The molecule has 0 spiro atoms. The summed E-state index contributed by atoms with van der Waals surface area (Å²) in [6.45, 7) is 1.67. The average Bonchev–Trinajstić information content (AvgIpc) is 2.78. The van der Waals surface area contributed by atoms with Crippen molar-refractivity contribution >= 4 is 17.3 Å². The summed E-state index contributed by atoms with van der Waals surface area (Å²) in [5.74, 6) is 0.897. The van der Waals surface area contributed by atoms with Crippen molar-refractivity contribution in [1.29, 1.82) is 0 Å². The van der Waals surface area contributed by atoms with Crippen LogP contribution in [0.3, 0.4) is 0 Å². The molecule has 1 amide bonds. The fraction of sp³-hybridized carbons (Fsp3) is 0.240. The number of anilines is 2. The molecule has 0 saturated heterocycles. The van der Waals surface area contributed by atoms with Crippen LogP contribution in [0.25, 0.3) is 0 Å². The largest absolute Gasteiger partial charge is 0.493 e. The average molecular weight is 386 g/mol. The molecule has 0 fully saturated rings. The van der Waals surface area contributed by atoms with Gasteiger partial charge in [-0.05, 0) is 42.2 Å². The van der Waals surface area contributed by atoms with Crippen LogP contribution in [0.15, 0.2) is 78.9 Å². The lowest BCUT2D eigenvalue weighted by Crippen LogP contribution is -2.39. The molecule has 0 radical (unpaired) electrons. The number of fused-ring (bicyclic) bond motifs is 1. The second kappa shape index (κ2) is 9.28. The summed E-state index contributed by atoms with van der Waals surface area (Å²) in [5, 5.41) is 3.25. The molecule has 1 aliphatic heterocycles. The molecule has 4 heteroatoms. The molecule has 3 aromatic rings. The number of para-hydroxylation sites is 1. The first-order valence-electron chi connectivity index (χ1n) is 10.2. The van der Waals surface area contributed by atoms with E-state index in [9.17, 15) is 4.79 Å². The first-order valence-corrected chi connectivity index (χ1v) is 10.2. The topological polar surface area (TPSA) is 41.6 Å². The Kier molecular flexibility index (Phi) is 6.10. The van der Waals surface area contributed by atoms with E-state index in [2.05, 4.69) is 23.5 Å². The van der Waals surface area contributed by atoms with E-state index < -0.39 is 0 Å². The van der Waals surface area contributed by atoms with Crippen LogP contribution in [0.5, 0.6) is 5.75 Å². The van der Waals surface area contributed by atoms with Gasteiger partial charge in [0.1, 0.15) is 5.75 Å². The molecule has 0 aromatic heterocycles. The Bertz CT molecular complexity index is 956. The van der Waals surface area contributed by atoms with E-state index in [0.29, 0.717) is 6.61 Å². The zero-order valence-corrected chi connectivity index (χ0v) is 16.5. The third kappa shape index (κ3) is 4.96. The molecule has 148 valence electrons.